The molecule has 0 aliphatic heterocycles. The minimum absolute atomic E-state index is 0.107. The number of nitrogens with one attached hydrogen (secondary N) is 1. The highest BCUT2D eigenvalue weighted by molar-refractivity contribution is 6.04. The minimum atomic E-state index is -0.403. The van der Waals surface area contributed by atoms with E-state index in [-0.39, 0.29) is 18.1 Å². The average Bonchev–Trinajstić information content (AvgIpc) is 2.74. The fraction of sp³-hybridized carbons (Fsp3) is 0.125. The highest BCUT2D eigenvalue weighted by Gasteiger charge is 2.10. The third kappa shape index (κ3) is 4.61. The van der Waals surface area contributed by atoms with E-state index < -0.39 is 5.82 Å². The van der Waals surface area contributed by atoms with Gasteiger partial charge in [-0.3, -0.25) is 14.0 Å². The largest absolute Gasteiger partial charge is 0.487 e. The van der Waals surface area contributed by atoms with Crippen LogP contribution in [0.2, 0.25) is 0 Å². The average molecular weight is 417 g/mol. The molecule has 4 rings (SSSR count). The first-order valence-corrected chi connectivity index (χ1v) is 9.68. The van der Waals surface area contributed by atoms with Crippen LogP contribution in [-0.2, 0) is 6.61 Å². The second kappa shape index (κ2) is 8.39. The van der Waals surface area contributed by atoms with Crippen molar-refractivity contribution < 1.29 is 13.9 Å². The normalized spacial score (nSPS) is 10.8. The maximum absolute atomic E-state index is 13.1. The summed E-state index contributed by atoms with van der Waals surface area (Å²) in [6.07, 6.45) is 1.70. The second-order valence-electron chi connectivity index (χ2n) is 7.25. The molecule has 0 saturated heterocycles. The van der Waals surface area contributed by atoms with Gasteiger partial charge in [0, 0.05) is 29.6 Å². The van der Waals surface area contributed by atoms with Gasteiger partial charge < -0.3 is 10.1 Å². The van der Waals surface area contributed by atoms with Crippen LogP contribution in [0.25, 0.3) is 5.65 Å². The summed E-state index contributed by atoms with van der Waals surface area (Å²) in [5, 5.41) is 2.77. The van der Waals surface area contributed by atoms with E-state index in [9.17, 15) is 14.0 Å². The number of nitrogens with zero attached hydrogens (tertiary/aromatic N) is 2. The molecule has 0 aliphatic carbocycles. The van der Waals surface area contributed by atoms with Crippen molar-refractivity contribution in [1.29, 1.82) is 0 Å². The van der Waals surface area contributed by atoms with E-state index in [2.05, 4.69) is 10.3 Å². The molecule has 0 atom stereocenters. The van der Waals surface area contributed by atoms with Gasteiger partial charge in [-0.2, -0.15) is 0 Å². The topological polar surface area (TPSA) is 72.7 Å². The number of anilines is 1. The van der Waals surface area contributed by atoms with E-state index in [0.717, 1.165) is 11.1 Å². The van der Waals surface area contributed by atoms with Gasteiger partial charge in [-0.25, -0.2) is 9.37 Å². The van der Waals surface area contributed by atoms with E-state index in [4.69, 9.17) is 4.74 Å². The van der Waals surface area contributed by atoms with Gasteiger partial charge in [0.2, 0.25) is 0 Å². The van der Waals surface area contributed by atoms with Crippen LogP contribution in [0.3, 0.4) is 0 Å². The van der Waals surface area contributed by atoms with E-state index in [1.807, 2.05) is 32.0 Å². The number of hydrogen-bond acceptors (Lipinski definition) is 4. The third-order valence-corrected chi connectivity index (χ3v) is 4.80. The molecule has 31 heavy (non-hydrogen) atoms. The monoisotopic (exact) mass is 417 g/mol. The molecule has 0 bridgehead atoms. The molecule has 6 nitrogen and oxygen atoms in total. The minimum Gasteiger partial charge on any atom is -0.487 e. The lowest BCUT2D eigenvalue weighted by Gasteiger charge is -2.12. The molecule has 2 heterocycles. The molecule has 1 N–H and O–H groups in total. The number of benzene rings is 2. The van der Waals surface area contributed by atoms with Crippen molar-refractivity contribution >= 4 is 17.2 Å². The number of pyridine rings is 1. The van der Waals surface area contributed by atoms with Gasteiger partial charge in [0.05, 0.1) is 5.69 Å². The van der Waals surface area contributed by atoms with E-state index in [1.165, 1.54) is 34.7 Å². The molecule has 4 aromatic rings. The Morgan fingerprint density at radius 2 is 1.84 bits per heavy atom. The van der Waals surface area contributed by atoms with Crippen LogP contribution >= 0.6 is 0 Å². The van der Waals surface area contributed by atoms with Crippen LogP contribution in [0.5, 0.6) is 5.75 Å². The second-order valence-corrected chi connectivity index (χ2v) is 7.25. The van der Waals surface area contributed by atoms with Crippen molar-refractivity contribution in [2.24, 2.45) is 0 Å². The number of hydrogen-bond donors (Lipinski definition) is 1. The SMILES string of the molecule is Cc1ccn2c(=O)cc(COc3cc(NC(=O)c4ccc(F)cc4)ccc3C)nc2c1. The molecule has 0 radical (unpaired) electrons. The van der Waals surface area contributed by atoms with E-state index in [0.29, 0.717) is 28.3 Å². The molecule has 7 heteroatoms. The van der Waals surface area contributed by atoms with E-state index >= 15 is 0 Å². The summed E-state index contributed by atoms with van der Waals surface area (Å²) < 4.78 is 20.4. The highest BCUT2D eigenvalue weighted by Crippen LogP contribution is 2.24. The van der Waals surface area contributed by atoms with Crippen molar-refractivity contribution in [2.75, 3.05) is 5.32 Å². The summed E-state index contributed by atoms with van der Waals surface area (Å²) >= 11 is 0. The number of amides is 1. The lowest BCUT2D eigenvalue weighted by atomic mass is 10.1. The first-order chi connectivity index (χ1) is 14.9. The van der Waals surface area contributed by atoms with Gasteiger partial charge in [0.1, 0.15) is 23.8 Å². The Kier molecular flexibility index (Phi) is 5.49. The molecule has 1 amide bonds. The Labute approximate surface area is 178 Å². The molecule has 0 spiro atoms. The number of aryl methyl sites for hydroxylation is 2. The molecule has 0 fully saturated rings. The standard InChI is InChI=1S/C24H20FN3O3/c1-15-9-10-28-22(11-15)26-20(13-23(28)29)14-31-21-12-19(8-3-16(21)2)27-24(30)17-4-6-18(25)7-5-17/h3-13H,14H2,1-2H3,(H,27,30). The lowest BCUT2D eigenvalue weighted by Crippen LogP contribution is -2.16. The van der Waals surface area contributed by atoms with Crippen LogP contribution in [-0.4, -0.2) is 15.3 Å². The molecule has 2 aromatic heterocycles. The van der Waals surface area contributed by atoms with Gasteiger partial charge in [0.25, 0.3) is 11.5 Å². The van der Waals surface area contributed by atoms with Gasteiger partial charge in [-0.15, -0.1) is 0 Å². The first-order valence-electron chi connectivity index (χ1n) is 9.68. The Bertz CT molecular complexity index is 1330. The Balaban J connectivity index is 1.51. The van der Waals surface area contributed by atoms with Crippen LogP contribution in [0.4, 0.5) is 10.1 Å². The number of ether oxygens (including phenoxy) is 1. The molecule has 0 unspecified atom stereocenters. The van der Waals surface area contributed by atoms with Crippen LogP contribution in [0.15, 0.2) is 71.7 Å². The number of rotatable bonds is 5. The zero-order valence-corrected chi connectivity index (χ0v) is 17.1. The molecule has 156 valence electrons. The van der Waals surface area contributed by atoms with Gasteiger partial charge in [-0.05, 0) is 67.4 Å². The van der Waals surface area contributed by atoms with Crippen molar-refractivity contribution in [3.05, 3.63) is 105 Å². The maximum atomic E-state index is 13.1. The number of fused-ring (bicyclic) bond motifs is 1. The summed E-state index contributed by atoms with van der Waals surface area (Å²) in [7, 11) is 0. The summed E-state index contributed by atoms with van der Waals surface area (Å²) in [6.45, 7) is 3.92. The maximum Gasteiger partial charge on any atom is 0.258 e. The van der Waals surface area contributed by atoms with Crippen molar-refractivity contribution in [1.82, 2.24) is 9.38 Å². The van der Waals surface area contributed by atoms with E-state index in [1.54, 1.807) is 18.3 Å². The summed E-state index contributed by atoms with van der Waals surface area (Å²) in [6, 6.07) is 15.7. The molecular weight excluding hydrogens is 397 g/mol. The van der Waals surface area contributed by atoms with Gasteiger partial charge in [0.15, 0.2) is 0 Å². The Morgan fingerprint density at radius 3 is 2.61 bits per heavy atom. The zero-order valence-electron chi connectivity index (χ0n) is 17.1. The number of carbonyl (C=O) groups is 1. The number of halogens is 1. The van der Waals surface area contributed by atoms with Crippen LogP contribution in [0, 0.1) is 19.7 Å². The summed E-state index contributed by atoms with van der Waals surface area (Å²) in [5.41, 5.74) is 3.65. The summed E-state index contributed by atoms with van der Waals surface area (Å²) in [5.74, 6) is -0.197. The number of aromatic nitrogens is 2. The van der Waals surface area contributed by atoms with Gasteiger partial charge >= 0.3 is 0 Å². The predicted molar refractivity (Wildman–Crippen MR) is 116 cm³/mol. The van der Waals surface area contributed by atoms with Crippen LogP contribution < -0.4 is 15.6 Å². The highest BCUT2D eigenvalue weighted by atomic mass is 19.1. The Morgan fingerprint density at radius 1 is 1.06 bits per heavy atom. The van der Waals surface area contributed by atoms with Crippen LogP contribution in [0.1, 0.15) is 27.2 Å². The van der Waals surface area contributed by atoms with Crippen molar-refractivity contribution in [2.45, 2.75) is 20.5 Å². The molecule has 0 aliphatic rings. The zero-order chi connectivity index (χ0) is 22.0. The van der Waals surface area contributed by atoms with Gasteiger partial charge in [-0.1, -0.05) is 6.07 Å². The third-order valence-electron chi connectivity index (χ3n) is 4.80. The molecular formula is C24H20FN3O3. The van der Waals surface area contributed by atoms with Crippen molar-refractivity contribution in [3.8, 4) is 5.75 Å². The van der Waals surface area contributed by atoms with Crippen molar-refractivity contribution in [3.63, 3.8) is 0 Å². The molecule has 2 aromatic carbocycles. The predicted octanol–water partition coefficient (Wildman–Crippen LogP) is 4.28. The fourth-order valence-electron chi connectivity index (χ4n) is 3.12. The smallest absolute Gasteiger partial charge is 0.258 e. The summed E-state index contributed by atoms with van der Waals surface area (Å²) in [4.78, 5) is 29.2. The fourth-order valence-corrected chi connectivity index (χ4v) is 3.12. The first kappa shape index (κ1) is 20.3. The number of carbonyl (C=O) groups excluding carboxylic acids is 1. The quantitative estimate of drug-likeness (QED) is 0.526. The lowest BCUT2D eigenvalue weighted by molar-refractivity contribution is 0.102. The molecule has 0 saturated carbocycles. The Hall–Kier alpha value is -4.00.